The van der Waals surface area contributed by atoms with Gasteiger partial charge in [-0.3, -0.25) is 4.90 Å². The summed E-state index contributed by atoms with van der Waals surface area (Å²) in [6.45, 7) is 12.3. The van der Waals surface area contributed by atoms with E-state index in [1.165, 1.54) is 32.4 Å². The Bertz CT molecular complexity index is 239. The summed E-state index contributed by atoms with van der Waals surface area (Å²) < 4.78 is 0. The minimum absolute atomic E-state index is 0.694. The Kier molecular flexibility index (Phi) is 8.08. The first-order chi connectivity index (χ1) is 8.80. The lowest BCUT2D eigenvalue weighted by molar-refractivity contribution is 0.210. The molecule has 0 saturated carbocycles. The molecule has 0 aromatic carbocycles. The van der Waals surface area contributed by atoms with Crippen LogP contribution in [0.3, 0.4) is 0 Å². The van der Waals surface area contributed by atoms with Crippen LogP contribution >= 0.6 is 0 Å². The second kappa shape index (κ2) is 9.38. The average molecular weight is 251 g/mol. The van der Waals surface area contributed by atoms with E-state index in [1.807, 2.05) is 0 Å². The summed E-state index contributed by atoms with van der Waals surface area (Å²) >= 11 is 0. The Morgan fingerprint density at radius 2 is 2.00 bits per heavy atom. The smallest absolute Gasteiger partial charge is 0.0598 e. The maximum atomic E-state index is 5.34. The zero-order valence-corrected chi connectivity index (χ0v) is 12.1. The number of likely N-dealkylation sites (tertiary alicyclic amines) is 1. The fraction of sp³-hybridized carbons (Fsp3) is 0.867. The number of hydrogen-bond acceptors (Lipinski definition) is 3. The number of nitrogens with zero attached hydrogens (tertiary/aromatic N) is 2. The molecule has 0 aromatic rings. The Morgan fingerprint density at radius 3 is 2.56 bits per heavy atom. The van der Waals surface area contributed by atoms with Crippen LogP contribution in [0.1, 0.15) is 33.1 Å². The molecule has 3 heteroatoms. The normalized spacial score (nSPS) is 18.1. The molecule has 1 aliphatic rings. The molecule has 0 bridgehead atoms. The van der Waals surface area contributed by atoms with Crippen molar-refractivity contribution in [1.82, 2.24) is 15.1 Å². The van der Waals surface area contributed by atoms with Gasteiger partial charge in [-0.15, -0.1) is 6.42 Å². The first kappa shape index (κ1) is 15.5. The molecule has 18 heavy (non-hydrogen) atoms. The molecule has 0 aliphatic carbocycles. The third kappa shape index (κ3) is 5.86. The van der Waals surface area contributed by atoms with Crippen LogP contribution < -0.4 is 5.32 Å². The lowest BCUT2D eigenvalue weighted by Crippen LogP contribution is -2.44. The molecule has 3 nitrogen and oxygen atoms in total. The Balaban J connectivity index is 2.08. The van der Waals surface area contributed by atoms with Gasteiger partial charge in [0.1, 0.15) is 0 Å². The predicted molar refractivity (Wildman–Crippen MR) is 78.7 cm³/mol. The number of rotatable bonds is 8. The molecule has 1 rings (SSSR count). The highest BCUT2D eigenvalue weighted by Crippen LogP contribution is 2.09. The fourth-order valence-electron chi connectivity index (χ4n) is 2.60. The molecule has 1 heterocycles. The number of hydrogen-bond donors (Lipinski definition) is 1. The topological polar surface area (TPSA) is 18.5 Å². The van der Waals surface area contributed by atoms with Crippen molar-refractivity contribution in [3.63, 3.8) is 0 Å². The van der Waals surface area contributed by atoms with Crippen molar-refractivity contribution < 1.29 is 0 Å². The highest BCUT2D eigenvalue weighted by molar-refractivity contribution is 4.90. The molecule has 1 saturated heterocycles. The molecule has 0 radical (unpaired) electrons. The van der Waals surface area contributed by atoms with Crippen LogP contribution in [0.15, 0.2) is 0 Å². The van der Waals surface area contributed by atoms with E-state index in [0.29, 0.717) is 6.04 Å². The van der Waals surface area contributed by atoms with E-state index in [9.17, 15) is 0 Å². The van der Waals surface area contributed by atoms with Crippen LogP contribution in [0, 0.1) is 12.3 Å². The minimum Gasteiger partial charge on any atom is -0.313 e. The maximum Gasteiger partial charge on any atom is 0.0598 e. The van der Waals surface area contributed by atoms with Gasteiger partial charge in [0.25, 0.3) is 0 Å². The zero-order chi connectivity index (χ0) is 13.2. The molecular weight excluding hydrogens is 222 g/mol. The highest BCUT2D eigenvalue weighted by Gasteiger charge is 2.17. The second-order valence-electron chi connectivity index (χ2n) is 5.14. The van der Waals surface area contributed by atoms with Crippen LogP contribution in [0.2, 0.25) is 0 Å². The van der Waals surface area contributed by atoms with E-state index in [2.05, 4.69) is 34.9 Å². The van der Waals surface area contributed by atoms with Crippen molar-refractivity contribution in [3.05, 3.63) is 0 Å². The van der Waals surface area contributed by atoms with Gasteiger partial charge in [0.2, 0.25) is 0 Å². The molecule has 0 spiro atoms. The number of piperidine rings is 1. The minimum atomic E-state index is 0.694. The molecule has 0 atom stereocenters. The summed E-state index contributed by atoms with van der Waals surface area (Å²) in [5.74, 6) is 2.73. The van der Waals surface area contributed by atoms with Gasteiger partial charge in [0, 0.05) is 32.2 Å². The Morgan fingerprint density at radius 1 is 1.28 bits per heavy atom. The SMILES string of the molecule is C#CCN1CCC(NCCN(CC)CCC)CC1. The van der Waals surface area contributed by atoms with Crippen LogP contribution in [0.4, 0.5) is 0 Å². The predicted octanol–water partition coefficient (Wildman–Crippen LogP) is 1.41. The molecular formula is C15H29N3. The van der Waals surface area contributed by atoms with Crippen LogP contribution in [0.5, 0.6) is 0 Å². The molecule has 104 valence electrons. The molecule has 0 amide bonds. The standard InChI is InChI=1S/C15H29N3/c1-4-10-17(6-3)14-9-16-15-7-12-18(11-5-2)13-8-15/h2,15-16H,4,6-14H2,1,3H3. The summed E-state index contributed by atoms with van der Waals surface area (Å²) in [5.41, 5.74) is 0. The van der Waals surface area contributed by atoms with Crippen LogP contribution in [0.25, 0.3) is 0 Å². The van der Waals surface area contributed by atoms with Gasteiger partial charge < -0.3 is 10.2 Å². The van der Waals surface area contributed by atoms with Gasteiger partial charge in [0.15, 0.2) is 0 Å². The van der Waals surface area contributed by atoms with Gasteiger partial charge in [-0.2, -0.15) is 0 Å². The quantitative estimate of drug-likeness (QED) is 0.658. The van der Waals surface area contributed by atoms with Gasteiger partial charge >= 0.3 is 0 Å². The zero-order valence-electron chi connectivity index (χ0n) is 12.1. The lowest BCUT2D eigenvalue weighted by Gasteiger charge is -2.31. The van der Waals surface area contributed by atoms with Crippen molar-refractivity contribution in [3.8, 4) is 12.3 Å². The van der Waals surface area contributed by atoms with Gasteiger partial charge in [-0.1, -0.05) is 19.8 Å². The van der Waals surface area contributed by atoms with E-state index in [1.54, 1.807) is 0 Å². The monoisotopic (exact) mass is 251 g/mol. The number of likely N-dealkylation sites (N-methyl/N-ethyl adjacent to an activating group) is 1. The third-order valence-electron chi connectivity index (χ3n) is 3.75. The van der Waals surface area contributed by atoms with Crippen molar-refractivity contribution in [2.45, 2.75) is 39.2 Å². The van der Waals surface area contributed by atoms with Gasteiger partial charge in [-0.25, -0.2) is 0 Å². The number of nitrogens with one attached hydrogen (secondary N) is 1. The Labute approximate surface area is 113 Å². The molecule has 0 aromatic heterocycles. The summed E-state index contributed by atoms with van der Waals surface area (Å²) in [7, 11) is 0. The van der Waals surface area contributed by atoms with Crippen molar-refractivity contribution in [2.24, 2.45) is 0 Å². The molecule has 1 aliphatic heterocycles. The summed E-state index contributed by atoms with van der Waals surface area (Å²) in [4.78, 5) is 4.88. The Hall–Kier alpha value is -0.560. The first-order valence-electron chi connectivity index (χ1n) is 7.41. The summed E-state index contributed by atoms with van der Waals surface area (Å²) in [6, 6.07) is 0.694. The van der Waals surface area contributed by atoms with Gasteiger partial charge in [-0.05, 0) is 32.4 Å². The highest BCUT2D eigenvalue weighted by atomic mass is 15.2. The number of terminal acetylenes is 1. The molecule has 1 fully saturated rings. The lowest BCUT2D eigenvalue weighted by atomic mass is 10.1. The largest absolute Gasteiger partial charge is 0.313 e. The van der Waals surface area contributed by atoms with E-state index >= 15 is 0 Å². The van der Waals surface area contributed by atoms with Crippen LogP contribution in [-0.4, -0.2) is 61.7 Å². The fourth-order valence-corrected chi connectivity index (χ4v) is 2.60. The summed E-state index contributed by atoms with van der Waals surface area (Å²) in [6.07, 6.45) is 9.06. The first-order valence-corrected chi connectivity index (χ1v) is 7.41. The van der Waals surface area contributed by atoms with Crippen molar-refractivity contribution in [1.29, 1.82) is 0 Å². The average Bonchev–Trinajstić information content (AvgIpc) is 2.40. The third-order valence-corrected chi connectivity index (χ3v) is 3.75. The van der Waals surface area contributed by atoms with E-state index in [-0.39, 0.29) is 0 Å². The second-order valence-corrected chi connectivity index (χ2v) is 5.14. The molecule has 0 unspecified atom stereocenters. The molecule has 1 N–H and O–H groups in total. The van der Waals surface area contributed by atoms with Crippen molar-refractivity contribution >= 4 is 0 Å². The van der Waals surface area contributed by atoms with E-state index in [4.69, 9.17) is 6.42 Å². The van der Waals surface area contributed by atoms with Crippen LogP contribution in [-0.2, 0) is 0 Å². The van der Waals surface area contributed by atoms with Gasteiger partial charge in [0.05, 0.1) is 6.54 Å². The summed E-state index contributed by atoms with van der Waals surface area (Å²) in [5, 5.41) is 3.69. The van der Waals surface area contributed by atoms with E-state index < -0.39 is 0 Å². The maximum absolute atomic E-state index is 5.34. The van der Waals surface area contributed by atoms with Crippen molar-refractivity contribution in [2.75, 3.05) is 45.8 Å². The van der Waals surface area contributed by atoms with E-state index in [0.717, 1.165) is 32.7 Å².